The van der Waals surface area contributed by atoms with Crippen LogP contribution < -0.4 is 5.32 Å². The number of allylic oxidation sites excluding steroid dienone is 11. The second kappa shape index (κ2) is 59.6. The Morgan fingerprint density at radius 3 is 1.09 bits per heavy atom. The molecule has 3 aliphatic rings. The Bertz CT molecular complexity index is 2050. The van der Waals surface area contributed by atoms with Gasteiger partial charge in [0.05, 0.1) is 38.6 Å². The van der Waals surface area contributed by atoms with Gasteiger partial charge in [-0.1, -0.05) is 273 Å². The van der Waals surface area contributed by atoms with E-state index >= 15 is 0 Å². The molecule has 19 nitrogen and oxygen atoms in total. The van der Waals surface area contributed by atoms with Gasteiger partial charge in [0.15, 0.2) is 18.9 Å². The Balaban J connectivity index is 1.41. The van der Waals surface area contributed by atoms with Crippen LogP contribution in [0.2, 0.25) is 0 Å². The maximum absolute atomic E-state index is 13.4. The van der Waals surface area contributed by atoms with Gasteiger partial charge < -0.3 is 89.9 Å². The van der Waals surface area contributed by atoms with Gasteiger partial charge in [0.2, 0.25) is 5.91 Å². The molecule has 0 saturated carbocycles. The van der Waals surface area contributed by atoms with E-state index in [9.17, 15) is 61.0 Å². The number of hydrogen-bond donors (Lipinski definition) is 12. The number of nitrogens with one attached hydrogen (secondary N) is 1. The fourth-order valence-electron chi connectivity index (χ4n) is 12.9. The van der Waals surface area contributed by atoms with Crippen molar-refractivity contribution in [3.63, 3.8) is 0 Å². The van der Waals surface area contributed by atoms with E-state index in [0.717, 1.165) is 70.6 Å². The van der Waals surface area contributed by atoms with Crippen molar-refractivity contribution in [2.45, 2.75) is 394 Å². The number of unbranched alkanes of at least 4 members (excludes halogenated alkanes) is 35. The number of hydrogen-bond acceptors (Lipinski definition) is 18. The molecule has 12 N–H and O–H groups in total. The fraction of sp³-hybridized carbons (Fsp3) is 0.835. The minimum Gasteiger partial charge on any atom is -0.394 e. The Hall–Kier alpha value is -2.77. The Kier molecular flexibility index (Phi) is 54.4. The molecular weight excluding hydrogens is 1250 g/mol. The molecule has 17 atom stereocenters. The summed E-state index contributed by atoms with van der Waals surface area (Å²) >= 11 is 0. The van der Waals surface area contributed by atoms with Crippen molar-refractivity contribution in [1.29, 1.82) is 0 Å². The van der Waals surface area contributed by atoms with E-state index in [1.54, 1.807) is 6.08 Å². The Morgan fingerprint density at radius 1 is 0.367 bits per heavy atom. The highest BCUT2D eigenvalue weighted by Gasteiger charge is 2.53. The minimum atomic E-state index is -1.99. The highest BCUT2D eigenvalue weighted by molar-refractivity contribution is 5.76. The van der Waals surface area contributed by atoms with E-state index in [2.05, 4.69) is 79.9 Å². The maximum atomic E-state index is 13.4. The van der Waals surface area contributed by atoms with Crippen LogP contribution in [0.4, 0.5) is 0 Å². The lowest BCUT2D eigenvalue weighted by Crippen LogP contribution is -2.66. The normalized spacial score (nSPS) is 27.1. The molecule has 0 spiro atoms. The summed E-state index contributed by atoms with van der Waals surface area (Å²) < 4.78 is 34.4. The molecular formula is C79H141NO18. The molecule has 3 heterocycles. The molecule has 0 radical (unpaired) electrons. The lowest BCUT2D eigenvalue weighted by Gasteiger charge is -2.48. The number of ether oxygens (including phenoxy) is 6. The zero-order chi connectivity index (χ0) is 71.1. The van der Waals surface area contributed by atoms with Crippen molar-refractivity contribution in [1.82, 2.24) is 5.32 Å². The first-order valence-corrected chi connectivity index (χ1v) is 39.2. The molecule has 19 heteroatoms. The summed E-state index contributed by atoms with van der Waals surface area (Å²) in [5, 5.41) is 121. The van der Waals surface area contributed by atoms with E-state index in [0.29, 0.717) is 12.8 Å². The zero-order valence-electron chi connectivity index (χ0n) is 60.8. The fourth-order valence-corrected chi connectivity index (χ4v) is 12.9. The van der Waals surface area contributed by atoms with Gasteiger partial charge in [0, 0.05) is 6.42 Å². The predicted octanol–water partition coefficient (Wildman–Crippen LogP) is 12.4. The van der Waals surface area contributed by atoms with Crippen molar-refractivity contribution in [3.8, 4) is 0 Å². The third kappa shape index (κ3) is 39.8. The molecule has 3 aliphatic heterocycles. The summed E-state index contributed by atoms with van der Waals surface area (Å²) in [6.07, 6.45) is 50.3. The largest absolute Gasteiger partial charge is 0.394 e. The predicted molar refractivity (Wildman–Crippen MR) is 388 cm³/mol. The van der Waals surface area contributed by atoms with Gasteiger partial charge in [-0.2, -0.15) is 0 Å². The van der Waals surface area contributed by atoms with Crippen LogP contribution in [0.1, 0.15) is 290 Å². The highest BCUT2D eigenvalue weighted by atomic mass is 16.8. The van der Waals surface area contributed by atoms with Crippen molar-refractivity contribution in [2.75, 3.05) is 26.4 Å². The van der Waals surface area contributed by atoms with Crippen LogP contribution in [0, 0.1) is 0 Å². The second-order valence-electron chi connectivity index (χ2n) is 27.8. The minimum absolute atomic E-state index is 0.221. The molecule has 0 aromatic rings. The van der Waals surface area contributed by atoms with Crippen molar-refractivity contribution in [3.05, 3.63) is 72.9 Å². The van der Waals surface area contributed by atoms with Crippen molar-refractivity contribution >= 4 is 5.91 Å². The third-order valence-corrected chi connectivity index (χ3v) is 19.2. The van der Waals surface area contributed by atoms with Gasteiger partial charge in [0.25, 0.3) is 0 Å². The molecule has 3 saturated heterocycles. The summed E-state index contributed by atoms with van der Waals surface area (Å²) in [6.45, 7) is 1.72. The first-order chi connectivity index (χ1) is 47.8. The molecule has 0 aromatic carbocycles. The number of carbonyl (C=O) groups is 1. The summed E-state index contributed by atoms with van der Waals surface area (Å²) in [5.41, 5.74) is 0. The summed E-state index contributed by atoms with van der Waals surface area (Å²) in [7, 11) is 0. The number of rotatable bonds is 61. The monoisotopic (exact) mass is 1390 g/mol. The zero-order valence-corrected chi connectivity index (χ0v) is 60.8. The SMILES string of the molecule is CCCCCCC/C=C\C/C=C\C/C=C\CCCCCCCCCCC(=O)NC(COC1OC(CO)C(OC2OC(CO)C(OC3OC(CO)C(O)C(O)C3O)C(O)C2O)C(O)C1O)C(O)/C=C/CC/C=C/CC/C=C/CCCCCCCCCCCCCCCCCCCCCC. The standard InChI is InChI=1S/C79H141NO18/c1-3-5-7-9-11-13-15-17-19-21-23-25-27-28-29-30-31-32-33-35-36-38-40-42-44-46-48-50-52-54-56-63(84)62(80-67(85)57-55-53-51-49-47-45-43-41-39-37-34-26-24-22-20-18-16-14-12-10-8-6-4-2)61-93-77-73(91)70(88)75(65(59-82)95-77)98-79-74(92)71(89)76(66(60-83)96-79)97-78-72(90)69(87)68(86)64(58-81)94-78/h16,18,22,24,34,37-38,40,46,48,54,56,62-66,68-79,81-84,86-92H,3-15,17,19-21,23,25-33,35-36,39,41-45,47,49-53,55,57-61H2,1-2H3,(H,80,85)/b18-16-,24-22-,37-34-,40-38+,48-46+,56-54+. The number of aliphatic hydroxyl groups is 11. The average Bonchev–Trinajstić information content (AvgIpc) is 0.785. The van der Waals surface area contributed by atoms with Gasteiger partial charge in [-0.25, -0.2) is 0 Å². The summed E-state index contributed by atoms with van der Waals surface area (Å²) in [5.74, 6) is -0.297. The van der Waals surface area contributed by atoms with E-state index in [4.69, 9.17) is 28.4 Å². The van der Waals surface area contributed by atoms with E-state index in [1.165, 1.54) is 186 Å². The number of aliphatic hydroxyl groups excluding tert-OH is 11. The first kappa shape index (κ1) is 89.4. The van der Waals surface area contributed by atoms with E-state index < -0.39 is 124 Å². The molecule has 1 amide bonds. The lowest BCUT2D eigenvalue weighted by atomic mass is 9.96. The molecule has 98 heavy (non-hydrogen) atoms. The van der Waals surface area contributed by atoms with Crippen LogP contribution in [0.3, 0.4) is 0 Å². The number of carbonyl (C=O) groups excluding carboxylic acids is 1. The van der Waals surface area contributed by atoms with Crippen LogP contribution in [0.5, 0.6) is 0 Å². The van der Waals surface area contributed by atoms with E-state index in [-0.39, 0.29) is 18.9 Å². The molecule has 3 fully saturated rings. The average molecular weight is 1390 g/mol. The maximum Gasteiger partial charge on any atom is 0.220 e. The van der Waals surface area contributed by atoms with Gasteiger partial charge >= 0.3 is 0 Å². The van der Waals surface area contributed by atoms with Gasteiger partial charge in [-0.3, -0.25) is 4.79 Å². The molecule has 0 bridgehead atoms. The molecule has 3 rings (SSSR count). The van der Waals surface area contributed by atoms with Crippen LogP contribution in [0.15, 0.2) is 72.9 Å². The Labute approximate surface area is 591 Å². The molecule has 17 unspecified atom stereocenters. The highest BCUT2D eigenvalue weighted by Crippen LogP contribution is 2.33. The molecule has 570 valence electrons. The number of amides is 1. The van der Waals surface area contributed by atoms with Crippen LogP contribution >= 0.6 is 0 Å². The lowest BCUT2D eigenvalue weighted by molar-refractivity contribution is -0.379. The third-order valence-electron chi connectivity index (χ3n) is 19.2. The summed E-state index contributed by atoms with van der Waals surface area (Å²) in [4.78, 5) is 13.4. The van der Waals surface area contributed by atoms with Crippen LogP contribution in [0.25, 0.3) is 0 Å². The smallest absolute Gasteiger partial charge is 0.220 e. The second-order valence-corrected chi connectivity index (χ2v) is 27.8. The van der Waals surface area contributed by atoms with Crippen LogP contribution in [-0.2, 0) is 33.2 Å². The van der Waals surface area contributed by atoms with Gasteiger partial charge in [0.1, 0.15) is 73.2 Å². The van der Waals surface area contributed by atoms with Crippen molar-refractivity contribution in [2.24, 2.45) is 0 Å². The van der Waals surface area contributed by atoms with Gasteiger partial charge in [-0.05, 0) is 83.5 Å². The Morgan fingerprint density at radius 2 is 0.684 bits per heavy atom. The van der Waals surface area contributed by atoms with Crippen molar-refractivity contribution < 1.29 is 89.4 Å². The summed E-state index contributed by atoms with van der Waals surface area (Å²) in [6, 6.07) is -1.01. The molecule has 0 aliphatic carbocycles. The van der Waals surface area contributed by atoms with E-state index in [1.807, 2.05) is 6.08 Å². The first-order valence-electron chi connectivity index (χ1n) is 39.2. The quantitative estimate of drug-likeness (QED) is 0.0199. The molecule has 0 aromatic heterocycles. The van der Waals surface area contributed by atoms with Gasteiger partial charge in [-0.15, -0.1) is 0 Å². The van der Waals surface area contributed by atoms with Crippen LogP contribution in [-0.4, -0.2) is 193 Å². The topological polar surface area (TPSA) is 307 Å².